The van der Waals surface area contributed by atoms with E-state index >= 15 is 0 Å². The Bertz CT molecular complexity index is 1290. The molecule has 0 aliphatic carbocycles. The molecule has 2 aromatic heterocycles. The minimum Gasteiger partial charge on any atom is -0.423 e. The lowest BCUT2D eigenvalue weighted by atomic mass is 9.85. The number of nitrogens with one attached hydrogen (secondary N) is 4. The number of aryl methyl sites for hydroxylation is 2. The number of hydrogen-bond acceptors (Lipinski definition) is 4. The molecule has 2 heterocycles. The van der Waals surface area contributed by atoms with E-state index < -0.39 is 17.7 Å². The Hall–Kier alpha value is -4.14. The minimum atomic E-state index is -0.633. The van der Waals surface area contributed by atoms with E-state index in [1.165, 1.54) is 24.3 Å². The monoisotopic (exact) mass is 422 g/mol. The summed E-state index contributed by atoms with van der Waals surface area (Å²) in [6.07, 6.45) is 0. The molecule has 9 heteroatoms. The summed E-state index contributed by atoms with van der Waals surface area (Å²) in [5.74, 6) is -1.43. The van der Waals surface area contributed by atoms with Crippen LogP contribution in [-0.2, 0) is 0 Å². The molecule has 0 saturated carbocycles. The van der Waals surface area contributed by atoms with E-state index in [2.05, 4.69) is 20.4 Å². The molecule has 0 spiro atoms. The Kier molecular flexibility index (Phi) is 5.16. The van der Waals surface area contributed by atoms with Crippen LogP contribution in [0.2, 0.25) is 0 Å². The largest absolute Gasteiger partial charge is 0.423 e. The first-order valence-electron chi connectivity index (χ1n) is 9.47. The van der Waals surface area contributed by atoms with Gasteiger partial charge in [-0.25, -0.2) is 9.18 Å². The number of rotatable bonds is 5. The van der Waals surface area contributed by atoms with Crippen LogP contribution >= 0.6 is 0 Å². The number of ether oxygens (including phenoxy) is 1. The maximum absolute atomic E-state index is 13.0. The number of hydrogen-bond donors (Lipinski definition) is 4. The van der Waals surface area contributed by atoms with Crippen molar-refractivity contribution in [3.63, 3.8) is 0 Å². The highest BCUT2D eigenvalue weighted by Crippen LogP contribution is 2.32. The molecule has 31 heavy (non-hydrogen) atoms. The predicted molar refractivity (Wildman–Crippen MR) is 111 cm³/mol. The summed E-state index contributed by atoms with van der Waals surface area (Å²) in [7, 11) is 0. The van der Waals surface area contributed by atoms with E-state index in [1.807, 2.05) is 0 Å². The Labute approximate surface area is 175 Å². The van der Waals surface area contributed by atoms with Gasteiger partial charge in [0.25, 0.3) is 11.1 Å². The van der Waals surface area contributed by atoms with Crippen LogP contribution in [0.1, 0.15) is 44.4 Å². The molecule has 0 unspecified atom stereocenters. The average molecular weight is 422 g/mol. The van der Waals surface area contributed by atoms with Gasteiger partial charge in [0, 0.05) is 17.3 Å². The van der Waals surface area contributed by atoms with Gasteiger partial charge in [-0.05, 0) is 55.8 Å². The highest BCUT2D eigenvalue weighted by Gasteiger charge is 2.28. The van der Waals surface area contributed by atoms with Crippen molar-refractivity contribution < 1.29 is 13.9 Å². The number of aromatic amines is 4. The summed E-state index contributed by atoms with van der Waals surface area (Å²) in [6, 6.07) is 11.6. The molecular weight excluding hydrogens is 403 g/mol. The fraction of sp³-hybridized carbons (Fsp3) is 0.136. The first kappa shape index (κ1) is 20.1. The number of carbonyl (C=O) groups excluding carboxylic acids is 1. The number of aromatic nitrogens is 4. The number of halogens is 1. The second-order valence-electron chi connectivity index (χ2n) is 7.13. The summed E-state index contributed by atoms with van der Waals surface area (Å²) in [5.41, 5.74) is 2.30. The minimum absolute atomic E-state index is 0.215. The van der Waals surface area contributed by atoms with Gasteiger partial charge in [0.2, 0.25) is 0 Å². The van der Waals surface area contributed by atoms with Gasteiger partial charge in [-0.2, -0.15) is 0 Å². The summed E-state index contributed by atoms with van der Waals surface area (Å²) in [6.45, 7) is 3.49. The van der Waals surface area contributed by atoms with Crippen LogP contribution < -0.4 is 15.9 Å². The van der Waals surface area contributed by atoms with Gasteiger partial charge in [0.05, 0.1) is 16.7 Å². The molecule has 0 atom stereocenters. The molecule has 0 saturated heterocycles. The number of esters is 1. The van der Waals surface area contributed by atoms with Gasteiger partial charge in [0.15, 0.2) is 0 Å². The number of H-pyrrole nitrogens is 4. The van der Waals surface area contributed by atoms with Crippen molar-refractivity contribution >= 4 is 5.97 Å². The quantitative estimate of drug-likeness (QED) is 0.292. The van der Waals surface area contributed by atoms with Gasteiger partial charge in [-0.1, -0.05) is 12.1 Å². The third kappa shape index (κ3) is 3.85. The Morgan fingerprint density at radius 3 is 1.77 bits per heavy atom. The van der Waals surface area contributed by atoms with Crippen molar-refractivity contribution in [3.8, 4) is 5.75 Å². The normalized spacial score (nSPS) is 11.1. The van der Waals surface area contributed by atoms with Gasteiger partial charge in [-0.15, -0.1) is 0 Å². The van der Waals surface area contributed by atoms with Crippen molar-refractivity contribution in [1.82, 2.24) is 20.4 Å². The topological polar surface area (TPSA) is 124 Å². The van der Waals surface area contributed by atoms with Gasteiger partial charge < -0.3 is 14.9 Å². The molecule has 8 nitrogen and oxygen atoms in total. The molecule has 0 bridgehead atoms. The molecule has 158 valence electrons. The van der Waals surface area contributed by atoms with E-state index in [1.54, 1.807) is 38.1 Å². The van der Waals surface area contributed by atoms with Gasteiger partial charge >= 0.3 is 5.97 Å². The third-order valence-electron chi connectivity index (χ3n) is 5.11. The molecule has 0 fully saturated rings. The van der Waals surface area contributed by atoms with Gasteiger partial charge in [-0.3, -0.25) is 19.8 Å². The van der Waals surface area contributed by atoms with Crippen LogP contribution in [0.3, 0.4) is 0 Å². The molecule has 2 aromatic carbocycles. The summed E-state index contributed by atoms with van der Waals surface area (Å²) in [4.78, 5) is 37.2. The van der Waals surface area contributed by atoms with E-state index in [0.29, 0.717) is 28.1 Å². The van der Waals surface area contributed by atoms with Gasteiger partial charge in [0.1, 0.15) is 11.6 Å². The van der Waals surface area contributed by atoms with Crippen LogP contribution in [0.4, 0.5) is 4.39 Å². The average Bonchev–Trinajstić information content (AvgIpc) is 3.26. The first-order valence-corrected chi connectivity index (χ1v) is 9.47. The zero-order valence-corrected chi connectivity index (χ0v) is 16.7. The van der Waals surface area contributed by atoms with Crippen molar-refractivity contribution in [2.75, 3.05) is 0 Å². The first-order chi connectivity index (χ1) is 14.8. The van der Waals surface area contributed by atoms with Crippen LogP contribution in [-0.4, -0.2) is 26.4 Å². The van der Waals surface area contributed by atoms with Crippen molar-refractivity contribution in [3.05, 3.63) is 109 Å². The van der Waals surface area contributed by atoms with Crippen molar-refractivity contribution in [2.45, 2.75) is 19.8 Å². The summed E-state index contributed by atoms with van der Waals surface area (Å²) >= 11 is 0. The fourth-order valence-corrected chi connectivity index (χ4v) is 3.56. The maximum atomic E-state index is 13.0. The third-order valence-corrected chi connectivity index (χ3v) is 5.11. The molecular formula is C22H19FN4O4. The molecule has 0 aliphatic rings. The second-order valence-corrected chi connectivity index (χ2v) is 7.13. The van der Waals surface area contributed by atoms with E-state index in [-0.39, 0.29) is 22.4 Å². The molecule has 4 rings (SSSR count). The Balaban J connectivity index is 1.69. The summed E-state index contributed by atoms with van der Waals surface area (Å²) in [5, 5.41) is 10.7. The standard InChI is InChI=1S/C22H19FN4O4/c1-11-17(20(28)26-24-11)19(18-12(2)25-27-21(18)29)13-5-9-16(10-6-13)31-22(30)14-3-7-15(23)8-4-14/h3-10,19H,1-2H3,(H2,24,26,28)(H2,25,27,29). The highest BCUT2D eigenvalue weighted by molar-refractivity contribution is 5.90. The number of benzene rings is 2. The number of carbonyl (C=O) groups is 1. The second kappa shape index (κ2) is 7.94. The molecule has 4 N–H and O–H groups in total. The maximum Gasteiger partial charge on any atom is 0.343 e. The van der Waals surface area contributed by atoms with E-state index in [9.17, 15) is 18.8 Å². The predicted octanol–water partition coefficient (Wildman–Crippen LogP) is 2.87. The summed E-state index contributed by atoms with van der Waals surface area (Å²) < 4.78 is 18.4. The zero-order chi connectivity index (χ0) is 22.1. The molecule has 0 amide bonds. The van der Waals surface area contributed by atoms with E-state index in [0.717, 1.165) is 0 Å². The SMILES string of the molecule is Cc1[nH][nH]c(=O)c1C(c1ccc(OC(=O)c2ccc(F)cc2)cc1)c1c(C)[nH][nH]c1=O. The lowest BCUT2D eigenvalue weighted by Crippen LogP contribution is -2.20. The molecule has 0 radical (unpaired) electrons. The van der Waals surface area contributed by atoms with Crippen LogP contribution in [0.5, 0.6) is 5.75 Å². The van der Waals surface area contributed by atoms with Crippen LogP contribution in [0.15, 0.2) is 58.1 Å². The van der Waals surface area contributed by atoms with E-state index in [4.69, 9.17) is 4.74 Å². The highest BCUT2D eigenvalue weighted by atomic mass is 19.1. The zero-order valence-electron chi connectivity index (χ0n) is 16.7. The lowest BCUT2D eigenvalue weighted by Gasteiger charge is -2.16. The van der Waals surface area contributed by atoms with Crippen LogP contribution in [0, 0.1) is 19.7 Å². The Morgan fingerprint density at radius 1 is 0.806 bits per heavy atom. The van der Waals surface area contributed by atoms with Crippen LogP contribution in [0.25, 0.3) is 0 Å². The molecule has 4 aromatic rings. The smallest absolute Gasteiger partial charge is 0.343 e. The molecule has 0 aliphatic heterocycles. The Morgan fingerprint density at radius 2 is 1.32 bits per heavy atom. The van der Waals surface area contributed by atoms with Crippen molar-refractivity contribution in [2.24, 2.45) is 0 Å². The lowest BCUT2D eigenvalue weighted by molar-refractivity contribution is 0.0734. The van der Waals surface area contributed by atoms with Crippen molar-refractivity contribution in [1.29, 1.82) is 0 Å². The fourth-order valence-electron chi connectivity index (χ4n) is 3.56.